The van der Waals surface area contributed by atoms with Gasteiger partial charge in [0, 0.05) is 32.8 Å². The van der Waals surface area contributed by atoms with Gasteiger partial charge in [-0.05, 0) is 37.5 Å². The maximum atomic E-state index is 11.1. The Bertz CT molecular complexity index is 427. The van der Waals surface area contributed by atoms with Crippen LogP contribution >= 0.6 is 0 Å². The van der Waals surface area contributed by atoms with Crippen LogP contribution in [-0.2, 0) is 14.8 Å². The Balaban J connectivity index is 1.46. The van der Waals surface area contributed by atoms with Gasteiger partial charge in [-0.15, -0.1) is 0 Å². The Morgan fingerprint density at radius 1 is 1.32 bits per heavy atom. The standard InChI is InChI=1S/C13H24N2O3S/c1-19(16,17)14-6-4-12-5-7-18-13(12)9-15(10-13)8-11-2-3-11/h11-12,14H,2-10H2,1H3/t12-/m0/s1. The summed E-state index contributed by atoms with van der Waals surface area (Å²) in [6.45, 7) is 4.71. The second-order valence-corrected chi connectivity index (χ2v) is 8.30. The van der Waals surface area contributed by atoms with Gasteiger partial charge in [-0.2, -0.15) is 0 Å². The second-order valence-electron chi connectivity index (χ2n) is 6.47. The monoisotopic (exact) mass is 288 g/mol. The number of likely N-dealkylation sites (tertiary alicyclic amines) is 1. The third-order valence-electron chi connectivity index (χ3n) is 4.65. The van der Waals surface area contributed by atoms with Gasteiger partial charge in [0.1, 0.15) is 0 Å². The molecule has 1 saturated carbocycles. The fraction of sp³-hybridized carbons (Fsp3) is 1.00. The average molecular weight is 288 g/mol. The molecule has 0 aromatic carbocycles. The molecule has 0 amide bonds. The predicted octanol–water partition coefficient (Wildman–Crippen LogP) is 0.427. The van der Waals surface area contributed by atoms with Crippen LogP contribution in [0.3, 0.4) is 0 Å². The molecule has 6 heteroatoms. The van der Waals surface area contributed by atoms with Gasteiger partial charge >= 0.3 is 0 Å². The van der Waals surface area contributed by atoms with Crippen molar-refractivity contribution in [1.29, 1.82) is 0 Å². The van der Waals surface area contributed by atoms with Crippen LogP contribution in [0.2, 0.25) is 0 Å². The molecule has 19 heavy (non-hydrogen) atoms. The van der Waals surface area contributed by atoms with Crippen LogP contribution < -0.4 is 4.72 Å². The Labute approximate surface area is 115 Å². The molecule has 0 aromatic heterocycles. The number of nitrogens with one attached hydrogen (secondary N) is 1. The van der Waals surface area contributed by atoms with Crippen molar-refractivity contribution < 1.29 is 13.2 Å². The van der Waals surface area contributed by atoms with Crippen LogP contribution in [0.25, 0.3) is 0 Å². The van der Waals surface area contributed by atoms with E-state index in [4.69, 9.17) is 4.74 Å². The van der Waals surface area contributed by atoms with Gasteiger partial charge in [0.2, 0.25) is 10.0 Å². The lowest BCUT2D eigenvalue weighted by Crippen LogP contribution is -2.65. The zero-order valence-corrected chi connectivity index (χ0v) is 12.4. The third-order valence-corrected chi connectivity index (χ3v) is 5.38. The molecule has 0 radical (unpaired) electrons. The topological polar surface area (TPSA) is 58.6 Å². The summed E-state index contributed by atoms with van der Waals surface area (Å²) < 4.78 is 30.7. The van der Waals surface area contributed by atoms with Crippen molar-refractivity contribution in [2.24, 2.45) is 11.8 Å². The van der Waals surface area contributed by atoms with Gasteiger partial charge in [-0.25, -0.2) is 13.1 Å². The first-order valence-electron chi connectivity index (χ1n) is 7.28. The molecular weight excluding hydrogens is 264 g/mol. The van der Waals surface area contributed by atoms with Crippen molar-refractivity contribution in [2.75, 3.05) is 39.0 Å². The van der Waals surface area contributed by atoms with Crippen molar-refractivity contribution >= 4 is 10.0 Å². The van der Waals surface area contributed by atoms with E-state index in [1.165, 1.54) is 25.6 Å². The number of nitrogens with zero attached hydrogens (tertiary/aromatic N) is 1. The van der Waals surface area contributed by atoms with Gasteiger partial charge in [-0.1, -0.05) is 0 Å². The number of hydrogen-bond donors (Lipinski definition) is 1. The van der Waals surface area contributed by atoms with E-state index in [0.717, 1.165) is 38.5 Å². The van der Waals surface area contributed by atoms with Crippen LogP contribution in [-0.4, -0.2) is 58.0 Å². The fourth-order valence-corrected chi connectivity index (χ4v) is 3.95. The lowest BCUT2D eigenvalue weighted by atomic mass is 9.79. The highest BCUT2D eigenvalue weighted by Crippen LogP contribution is 2.43. The molecule has 2 saturated heterocycles. The largest absolute Gasteiger partial charge is 0.372 e. The van der Waals surface area contributed by atoms with Crippen molar-refractivity contribution in [3.8, 4) is 0 Å². The van der Waals surface area contributed by atoms with E-state index >= 15 is 0 Å². The summed E-state index contributed by atoms with van der Waals surface area (Å²) in [6.07, 6.45) is 5.97. The summed E-state index contributed by atoms with van der Waals surface area (Å²) in [4.78, 5) is 2.50. The van der Waals surface area contributed by atoms with Crippen molar-refractivity contribution in [1.82, 2.24) is 9.62 Å². The molecule has 3 aliphatic rings. The molecule has 110 valence electrons. The van der Waals surface area contributed by atoms with Crippen LogP contribution in [0.5, 0.6) is 0 Å². The lowest BCUT2D eigenvalue weighted by molar-refractivity contribution is -0.134. The normalized spacial score (nSPS) is 30.7. The zero-order chi connectivity index (χ0) is 13.5. The summed E-state index contributed by atoms with van der Waals surface area (Å²) in [5.74, 6) is 1.45. The summed E-state index contributed by atoms with van der Waals surface area (Å²) in [5.41, 5.74) is 0.0358. The average Bonchev–Trinajstić information content (AvgIpc) is 2.96. The van der Waals surface area contributed by atoms with E-state index in [1.54, 1.807) is 0 Å². The molecule has 1 aliphatic carbocycles. The Morgan fingerprint density at radius 2 is 2.05 bits per heavy atom. The van der Waals surface area contributed by atoms with E-state index in [9.17, 15) is 8.42 Å². The molecule has 1 atom stereocenters. The molecule has 5 nitrogen and oxygen atoms in total. The van der Waals surface area contributed by atoms with Crippen LogP contribution in [0, 0.1) is 11.8 Å². The van der Waals surface area contributed by atoms with E-state index in [-0.39, 0.29) is 5.60 Å². The minimum atomic E-state index is -3.06. The molecule has 1 N–H and O–H groups in total. The SMILES string of the molecule is CS(=O)(=O)NCC[C@H]1CCOC12CN(CC1CC1)C2. The van der Waals surface area contributed by atoms with Gasteiger partial charge in [0.05, 0.1) is 11.9 Å². The number of ether oxygens (including phenoxy) is 1. The molecule has 0 unspecified atom stereocenters. The lowest BCUT2D eigenvalue weighted by Gasteiger charge is -2.50. The van der Waals surface area contributed by atoms with Gasteiger partial charge < -0.3 is 4.74 Å². The maximum absolute atomic E-state index is 11.1. The van der Waals surface area contributed by atoms with Gasteiger partial charge in [0.25, 0.3) is 0 Å². The van der Waals surface area contributed by atoms with E-state index in [1.807, 2.05) is 0 Å². The molecule has 3 rings (SSSR count). The first kappa shape index (κ1) is 13.8. The van der Waals surface area contributed by atoms with Gasteiger partial charge in [0.15, 0.2) is 0 Å². The van der Waals surface area contributed by atoms with Crippen molar-refractivity contribution in [3.05, 3.63) is 0 Å². The summed E-state index contributed by atoms with van der Waals surface area (Å²) in [6, 6.07) is 0. The Kier molecular flexibility index (Phi) is 3.62. The molecule has 2 aliphatic heterocycles. The highest BCUT2D eigenvalue weighted by Gasteiger charge is 2.52. The maximum Gasteiger partial charge on any atom is 0.208 e. The van der Waals surface area contributed by atoms with E-state index in [2.05, 4.69) is 9.62 Å². The van der Waals surface area contributed by atoms with Gasteiger partial charge in [-0.3, -0.25) is 4.90 Å². The minimum Gasteiger partial charge on any atom is -0.372 e. The Hall–Kier alpha value is -0.170. The molecule has 2 heterocycles. The van der Waals surface area contributed by atoms with Crippen molar-refractivity contribution in [3.63, 3.8) is 0 Å². The quantitative estimate of drug-likeness (QED) is 0.770. The van der Waals surface area contributed by atoms with Crippen molar-refractivity contribution in [2.45, 2.75) is 31.3 Å². The highest BCUT2D eigenvalue weighted by molar-refractivity contribution is 7.88. The zero-order valence-electron chi connectivity index (χ0n) is 11.6. The molecule has 1 spiro atoms. The highest BCUT2D eigenvalue weighted by atomic mass is 32.2. The predicted molar refractivity (Wildman–Crippen MR) is 73.4 cm³/mol. The first-order valence-corrected chi connectivity index (χ1v) is 9.17. The summed E-state index contributed by atoms with van der Waals surface area (Å²) in [5, 5.41) is 0. The van der Waals surface area contributed by atoms with Crippen LogP contribution in [0.15, 0.2) is 0 Å². The first-order chi connectivity index (χ1) is 8.97. The van der Waals surface area contributed by atoms with Crippen LogP contribution in [0.4, 0.5) is 0 Å². The smallest absolute Gasteiger partial charge is 0.208 e. The van der Waals surface area contributed by atoms with E-state index in [0.29, 0.717) is 12.5 Å². The summed E-state index contributed by atoms with van der Waals surface area (Å²) >= 11 is 0. The minimum absolute atomic E-state index is 0.0358. The third kappa shape index (κ3) is 3.29. The number of sulfonamides is 1. The Morgan fingerprint density at radius 3 is 2.68 bits per heavy atom. The molecule has 3 fully saturated rings. The van der Waals surface area contributed by atoms with E-state index < -0.39 is 10.0 Å². The van der Waals surface area contributed by atoms with Crippen LogP contribution in [0.1, 0.15) is 25.7 Å². The number of hydrogen-bond acceptors (Lipinski definition) is 4. The molecule has 0 aromatic rings. The number of rotatable bonds is 6. The molecular formula is C13H24N2O3S. The summed E-state index contributed by atoms with van der Waals surface area (Å²) in [7, 11) is -3.06. The fourth-order valence-electron chi connectivity index (χ4n) is 3.47. The molecule has 0 bridgehead atoms. The second kappa shape index (κ2) is 4.98.